The van der Waals surface area contributed by atoms with Crippen LogP contribution in [0.5, 0.6) is 0 Å². The SMILES string of the molecule is CC1(C(=O)O)CCN(C(=O)CCc2cccs2)CC1. The molecular formula is C14H19NO3S. The zero-order valence-electron chi connectivity index (χ0n) is 11.1. The first-order valence-corrected chi connectivity index (χ1v) is 7.43. The highest BCUT2D eigenvalue weighted by molar-refractivity contribution is 7.09. The van der Waals surface area contributed by atoms with E-state index in [1.54, 1.807) is 23.2 Å². The van der Waals surface area contributed by atoms with Gasteiger partial charge in [-0.15, -0.1) is 11.3 Å². The van der Waals surface area contributed by atoms with E-state index in [9.17, 15) is 9.59 Å². The Balaban J connectivity index is 1.81. The number of thiophene rings is 1. The second-order valence-electron chi connectivity index (χ2n) is 5.33. The molecule has 1 aliphatic heterocycles. The second-order valence-corrected chi connectivity index (χ2v) is 6.36. The van der Waals surface area contributed by atoms with Gasteiger partial charge in [0, 0.05) is 24.4 Å². The van der Waals surface area contributed by atoms with E-state index >= 15 is 0 Å². The van der Waals surface area contributed by atoms with Crippen molar-refractivity contribution in [2.75, 3.05) is 13.1 Å². The van der Waals surface area contributed by atoms with Crippen molar-refractivity contribution in [3.05, 3.63) is 22.4 Å². The fourth-order valence-corrected chi connectivity index (χ4v) is 3.02. The number of aliphatic carboxylic acids is 1. The van der Waals surface area contributed by atoms with E-state index in [0.29, 0.717) is 32.4 Å². The number of hydrogen-bond acceptors (Lipinski definition) is 3. The average Bonchev–Trinajstić information content (AvgIpc) is 2.90. The minimum atomic E-state index is -0.752. The lowest BCUT2D eigenvalue weighted by Crippen LogP contribution is -2.45. The van der Waals surface area contributed by atoms with E-state index in [0.717, 1.165) is 6.42 Å². The van der Waals surface area contributed by atoms with E-state index in [1.807, 2.05) is 17.5 Å². The van der Waals surface area contributed by atoms with Gasteiger partial charge in [0.05, 0.1) is 5.41 Å². The number of carbonyl (C=O) groups excluding carboxylic acids is 1. The predicted molar refractivity (Wildman–Crippen MR) is 74.2 cm³/mol. The first-order valence-electron chi connectivity index (χ1n) is 6.55. The van der Waals surface area contributed by atoms with Crippen LogP contribution < -0.4 is 0 Å². The molecule has 0 unspecified atom stereocenters. The molecule has 2 rings (SSSR count). The van der Waals surface area contributed by atoms with Crippen LogP contribution in [0, 0.1) is 5.41 Å². The van der Waals surface area contributed by atoms with Crippen LogP contribution in [-0.4, -0.2) is 35.0 Å². The monoisotopic (exact) mass is 281 g/mol. The van der Waals surface area contributed by atoms with E-state index in [2.05, 4.69) is 0 Å². The van der Waals surface area contributed by atoms with Crippen LogP contribution in [0.25, 0.3) is 0 Å². The van der Waals surface area contributed by atoms with Crippen molar-refractivity contribution in [3.8, 4) is 0 Å². The number of nitrogens with zero attached hydrogens (tertiary/aromatic N) is 1. The molecule has 0 atom stereocenters. The smallest absolute Gasteiger partial charge is 0.309 e. The Labute approximate surface area is 117 Å². The van der Waals surface area contributed by atoms with E-state index in [1.165, 1.54) is 4.88 Å². The van der Waals surface area contributed by atoms with Gasteiger partial charge < -0.3 is 10.0 Å². The van der Waals surface area contributed by atoms with Crippen molar-refractivity contribution >= 4 is 23.2 Å². The molecule has 1 amide bonds. The van der Waals surface area contributed by atoms with Crippen molar-refractivity contribution in [2.24, 2.45) is 5.41 Å². The Morgan fingerprint density at radius 3 is 2.63 bits per heavy atom. The fourth-order valence-electron chi connectivity index (χ4n) is 2.31. The van der Waals surface area contributed by atoms with Gasteiger partial charge in [-0.2, -0.15) is 0 Å². The third kappa shape index (κ3) is 3.35. The molecule has 1 aromatic rings. The third-order valence-corrected chi connectivity index (χ3v) is 4.84. The largest absolute Gasteiger partial charge is 0.481 e. The van der Waals surface area contributed by atoms with Gasteiger partial charge in [-0.05, 0) is 37.6 Å². The second kappa shape index (κ2) is 5.74. The van der Waals surface area contributed by atoms with Crippen LogP contribution in [0.3, 0.4) is 0 Å². The molecule has 4 nitrogen and oxygen atoms in total. The number of carboxylic acid groups (broad SMARTS) is 1. The molecule has 104 valence electrons. The van der Waals surface area contributed by atoms with Gasteiger partial charge in [0.15, 0.2) is 0 Å². The molecule has 5 heteroatoms. The standard InChI is InChI=1S/C14H19NO3S/c1-14(13(17)18)6-8-15(9-7-14)12(16)5-4-11-3-2-10-19-11/h2-3,10H,4-9H2,1H3,(H,17,18). The summed E-state index contributed by atoms with van der Waals surface area (Å²) in [5.41, 5.74) is -0.662. The summed E-state index contributed by atoms with van der Waals surface area (Å²) in [7, 11) is 0. The molecule has 19 heavy (non-hydrogen) atoms. The van der Waals surface area contributed by atoms with Gasteiger partial charge in [-0.25, -0.2) is 0 Å². The Hall–Kier alpha value is -1.36. The predicted octanol–water partition coefficient (Wildman–Crippen LogP) is 2.39. The Morgan fingerprint density at radius 1 is 1.42 bits per heavy atom. The number of amides is 1. The van der Waals surface area contributed by atoms with Gasteiger partial charge in [-0.1, -0.05) is 6.07 Å². The molecule has 0 radical (unpaired) electrons. The first kappa shape index (κ1) is 14.1. The van der Waals surface area contributed by atoms with Gasteiger partial charge in [-0.3, -0.25) is 9.59 Å². The van der Waals surface area contributed by atoms with E-state index < -0.39 is 11.4 Å². The molecule has 0 aliphatic carbocycles. The summed E-state index contributed by atoms with van der Waals surface area (Å²) in [6.07, 6.45) is 2.40. The van der Waals surface area contributed by atoms with Gasteiger partial charge >= 0.3 is 5.97 Å². The molecule has 0 aromatic carbocycles. The summed E-state index contributed by atoms with van der Waals surface area (Å²) < 4.78 is 0. The quantitative estimate of drug-likeness (QED) is 0.922. The molecular weight excluding hydrogens is 262 g/mol. The van der Waals surface area contributed by atoms with Crippen LogP contribution in [0.1, 0.15) is 31.1 Å². The maximum Gasteiger partial charge on any atom is 0.309 e. The number of rotatable bonds is 4. The molecule has 1 aliphatic rings. The van der Waals surface area contributed by atoms with Crippen molar-refractivity contribution in [2.45, 2.75) is 32.6 Å². The Kier molecular flexibility index (Phi) is 4.24. The van der Waals surface area contributed by atoms with Crippen LogP contribution in [-0.2, 0) is 16.0 Å². The summed E-state index contributed by atoms with van der Waals surface area (Å²) in [5, 5.41) is 11.2. The van der Waals surface area contributed by atoms with Crippen LogP contribution in [0.4, 0.5) is 0 Å². The zero-order valence-corrected chi connectivity index (χ0v) is 11.9. The number of piperidine rings is 1. The molecule has 0 saturated carbocycles. The van der Waals surface area contributed by atoms with Crippen LogP contribution in [0.2, 0.25) is 0 Å². The van der Waals surface area contributed by atoms with Crippen molar-refractivity contribution in [1.29, 1.82) is 0 Å². The normalized spacial score (nSPS) is 18.3. The topological polar surface area (TPSA) is 57.6 Å². The summed E-state index contributed by atoms with van der Waals surface area (Å²) in [6.45, 7) is 2.89. The minimum Gasteiger partial charge on any atom is -0.481 e. The maximum atomic E-state index is 12.1. The molecule has 0 bridgehead atoms. The number of likely N-dealkylation sites (tertiary alicyclic amines) is 1. The lowest BCUT2D eigenvalue weighted by molar-refractivity contribution is -0.153. The van der Waals surface area contributed by atoms with Gasteiger partial charge in [0.2, 0.25) is 5.91 Å². The van der Waals surface area contributed by atoms with Crippen molar-refractivity contribution < 1.29 is 14.7 Å². The fraction of sp³-hybridized carbons (Fsp3) is 0.571. The molecule has 2 heterocycles. The zero-order chi connectivity index (χ0) is 13.9. The number of hydrogen-bond donors (Lipinski definition) is 1. The molecule has 0 spiro atoms. The lowest BCUT2D eigenvalue weighted by atomic mass is 9.80. The van der Waals surface area contributed by atoms with Gasteiger partial charge in [0.25, 0.3) is 0 Å². The molecule has 1 fully saturated rings. The Morgan fingerprint density at radius 2 is 2.11 bits per heavy atom. The summed E-state index contributed by atoms with van der Waals surface area (Å²) in [6, 6.07) is 4.03. The Bertz CT molecular complexity index is 447. The highest BCUT2D eigenvalue weighted by atomic mass is 32.1. The van der Waals surface area contributed by atoms with Crippen LogP contribution >= 0.6 is 11.3 Å². The van der Waals surface area contributed by atoms with Crippen molar-refractivity contribution in [3.63, 3.8) is 0 Å². The third-order valence-electron chi connectivity index (χ3n) is 3.90. The molecule has 1 saturated heterocycles. The van der Waals surface area contributed by atoms with Crippen molar-refractivity contribution in [1.82, 2.24) is 4.90 Å². The number of carbonyl (C=O) groups is 2. The summed E-state index contributed by atoms with van der Waals surface area (Å²) in [5.74, 6) is -0.612. The van der Waals surface area contributed by atoms with Crippen LogP contribution in [0.15, 0.2) is 17.5 Å². The summed E-state index contributed by atoms with van der Waals surface area (Å²) in [4.78, 5) is 26.2. The molecule has 1 aromatic heterocycles. The highest BCUT2D eigenvalue weighted by Crippen LogP contribution is 2.31. The highest BCUT2D eigenvalue weighted by Gasteiger charge is 2.37. The minimum absolute atomic E-state index is 0.140. The maximum absolute atomic E-state index is 12.1. The first-order chi connectivity index (χ1) is 9.01. The summed E-state index contributed by atoms with van der Waals surface area (Å²) >= 11 is 1.67. The lowest BCUT2D eigenvalue weighted by Gasteiger charge is -2.36. The molecule has 1 N–H and O–H groups in total. The average molecular weight is 281 g/mol. The van der Waals surface area contributed by atoms with E-state index in [-0.39, 0.29) is 5.91 Å². The van der Waals surface area contributed by atoms with E-state index in [4.69, 9.17) is 5.11 Å². The number of aryl methyl sites for hydroxylation is 1. The van der Waals surface area contributed by atoms with Gasteiger partial charge in [0.1, 0.15) is 0 Å². The number of carboxylic acids is 1.